The third-order valence-electron chi connectivity index (χ3n) is 2.42. The van der Waals surface area contributed by atoms with E-state index in [9.17, 15) is 0 Å². The van der Waals surface area contributed by atoms with Gasteiger partial charge in [-0.15, -0.1) is 0 Å². The van der Waals surface area contributed by atoms with Gasteiger partial charge in [-0.2, -0.15) is 5.26 Å². The van der Waals surface area contributed by atoms with Crippen LogP contribution in [0.15, 0.2) is 18.2 Å². The summed E-state index contributed by atoms with van der Waals surface area (Å²) < 4.78 is 0. The second-order valence-electron chi connectivity index (χ2n) is 3.55. The van der Waals surface area contributed by atoms with Crippen LogP contribution in [-0.4, -0.2) is 11.7 Å². The first-order valence-electron chi connectivity index (χ1n) is 4.51. The molecule has 4 heteroatoms. The molecule has 2 nitrogen and oxygen atoms in total. The Balaban J connectivity index is 3.14. The van der Waals surface area contributed by atoms with Crippen LogP contribution >= 0.6 is 23.2 Å². The molecule has 0 saturated carbocycles. The van der Waals surface area contributed by atoms with Crippen molar-refractivity contribution in [3.63, 3.8) is 0 Å². The zero-order valence-electron chi connectivity index (χ0n) is 8.30. The quantitative estimate of drug-likeness (QED) is 0.887. The Bertz CT molecular complexity index is 400. The summed E-state index contributed by atoms with van der Waals surface area (Å²) in [5.41, 5.74) is 0.0524. The molecule has 0 spiro atoms. The van der Waals surface area contributed by atoms with E-state index in [0.717, 1.165) is 5.56 Å². The lowest BCUT2D eigenvalue weighted by atomic mass is 9.81. The Morgan fingerprint density at radius 1 is 1.40 bits per heavy atom. The highest BCUT2D eigenvalue weighted by molar-refractivity contribution is 6.42. The molecule has 1 N–H and O–H groups in total. The van der Waals surface area contributed by atoms with Crippen LogP contribution in [0.3, 0.4) is 0 Å². The van der Waals surface area contributed by atoms with Crippen molar-refractivity contribution >= 4 is 23.2 Å². The van der Waals surface area contributed by atoms with Crippen LogP contribution in [0.5, 0.6) is 0 Å². The maximum Gasteiger partial charge on any atom is 0.0816 e. The first-order valence-corrected chi connectivity index (χ1v) is 5.27. The number of aliphatic hydroxyl groups excluding tert-OH is 1. The van der Waals surface area contributed by atoms with E-state index in [0.29, 0.717) is 16.5 Å². The van der Waals surface area contributed by atoms with Gasteiger partial charge in [0.05, 0.1) is 21.5 Å². The maximum absolute atomic E-state index is 9.09. The van der Waals surface area contributed by atoms with Gasteiger partial charge in [-0.3, -0.25) is 0 Å². The largest absolute Gasteiger partial charge is 0.396 e. The minimum absolute atomic E-state index is 0.0374. The first kappa shape index (κ1) is 12.3. The van der Waals surface area contributed by atoms with Crippen LogP contribution in [-0.2, 0) is 5.41 Å². The van der Waals surface area contributed by atoms with E-state index in [2.05, 4.69) is 6.07 Å². The van der Waals surface area contributed by atoms with Crippen molar-refractivity contribution in [2.45, 2.75) is 18.8 Å². The van der Waals surface area contributed by atoms with Gasteiger partial charge in [0.2, 0.25) is 0 Å². The summed E-state index contributed by atoms with van der Waals surface area (Å²) in [5.74, 6) is 0. The molecular weight excluding hydrogens is 233 g/mol. The van der Waals surface area contributed by atoms with E-state index in [-0.39, 0.29) is 6.61 Å². The lowest BCUT2D eigenvalue weighted by Gasteiger charge is -2.21. The monoisotopic (exact) mass is 243 g/mol. The highest BCUT2D eigenvalue weighted by Crippen LogP contribution is 2.31. The summed E-state index contributed by atoms with van der Waals surface area (Å²) in [5, 5.41) is 18.9. The number of hydrogen-bond acceptors (Lipinski definition) is 2. The minimum Gasteiger partial charge on any atom is -0.396 e. The highest BCUT2D eigenvalue weighted by atomic mass is 35.5. The molecule has 1 aromatic carbocycles. The molecule has 15 heavy (non-hydrogen) atoms. The van der Waals surface area contributed by atoms with Gasteiger partial charge in [-0.25, -0.2) is 0 Å². The summed E-state index contributed by atoms with van der Waals surface area (Å²) in [4.78, 5) is 0. The van der Waals surface area contributed by atoms with Crippen LogP contribution in [0.2, 0.25) is 10.0 Å². The number of aliphatic hydroxyl groups is 1. The van der Waals surface area contributed by atoms with Crippen molar-refractivity contribution in [2.24, 2.45) is 0 Å². The summed E-state index contributed by atoms with van der Waals surface area (Å²) in [6.45, 7) is 1.73. The van der Waals surface area contributed by atoms with E-state index in [1.54, 1.807) is 25.1 Å². The molecule has 0 heterocycles. The molecule has 0 aliphatic rings. The number of nitriles is 1. The molecule has 0 saturated heterocycles. The Morgan fingerprint density at radius 3 is 2.53 bits per heavy atom. The van der Waals surface area contributed by atoms with Crippen molar-refractivity contribution in [1.82, 2.24) is 0 Å². The Labute approximate surface area is 99.0 Å². The molecule has 0 bridgehead atoms. The minimum atomic E-state index is -0.719. The van der Waals surface area contributed by atoms with Crippen molar-refractivity contribution in [3.8, 4) is 6.07 Å². The Morgan fingerprint density at radius 2 is 2.07 bits per heavy atom. The standard InChI is InChI=1S/C11H11Cl2NO/c1-11(7-14,4-5-15)8-2-3-9(12)10(13)6-8/h2-3,6,15H,4-5H2,1H3/t11-/m0/s1. The van der Waals surface area contributed by atoms with Crippen LogP contribution < -0.4 is 0 Å². The van der Waals surface area contributed by atoms with E-state index >= 15 is 0 Å². The average Bonchev–Trinajstić information content (AvgIpc) is 2.22. The molecule has 80 valence electrons. The normalized spacial score (nSPS) is 14.3. The number of hydrogen-bond donors (Lipinski definition) is 1. The van der Waals surface area contributed by atoms with Gasteiger partial charge in [0.1, 0.15) is 0 Å². The smallest absolute Gasteiger partial charge is 0.0816 e. The van der Waals surface area contributed by atoms with Gasteiger partial charge < -0.3 is 5.11 Å². The molecule has 1 atom stereocenters. The molecule has 0 aliphatic heterocycles. The molecule has 1 aromatic rings. The number of rotatable bonds is 3. The van der Waals surface area contributed by atoms with E-state index in [1.165, 1.54) is 0 Å². The van der Waals surface area contributed by atoms with Crippen LogP contribution in [0, 0.1) is 11.3 Å². The molecule has 0 amide bonds. The van der Waals surface area contributed by atoms with Gasteiger partial charge in [0, 0.05) is 6.61 Å². The fraction of sp³-hybridized carbons (Fsp3) is 0.364. The SMILES string of the molecule is C[C@@](C#N)(CCO)c1ccc(Cl)c(Cl)c1. The van der Waals surface area contributed by atoms with Gasteiger partial charge in [0.25, 0.3) is 0 Å². The zero-order valence-corrected chi connectivity index (χ0v) is 9.81. The van der Waals surface area contributed by atoms with Gasteiger partial charge >= 0.3 is 0 Å². The highest BCUT2D eigenvalue weighted by Gasteiger charge is 2.26. The molecule has 0 unspecified atom stereocenters. The van der Waals surface area contributed by atoms with Crippen molar-refractivity contribution in [3.05, 3.63) is 33.8 Å². The van der Waals surface area contributed by atoms with Crippen LogP contribution in [0.25, 0.3) is 0 Å². The molecule has 0 radical (unpaired) electrons. The molecule has 0 aromatic heterocycles. The summed E-state index contributed by atoms with van der Waals surface area (Å²) >= 11 is 11.7. The number of nitrogens with zero attached hydrogens (tertiary/aromatic N) is 1. The molecule has 1 rings (SSSR count). The van der Waals surface area contributed by atoms with Crippen LogP contribution in [0.4, 0.5) is 0 Å². The second-order valence-corrected chi connectivity index (χ2v) is 4.36. The zero-order chi connectivity index (χ0) is 11.5. The van der Waals surface area contributed by atoms with Gasteiger partial charge in [-0.1, -0.05) is 29.3 Å². The van der Waals surface area contributed by atoms with E-state index in [4.69, 9.17) is 33.6 Å². The number of halogens is 2. The maximum atomic E-state index is 9.09. The average molecular weight is 244 g/mol. The second kappa shape index (κ2) is 4.85. The summed E-state index contributed by atoms with van der Waals surface area (Å²) in [7, 11) is 0. The lowest BCUT2D eigenvalue weighted by molar-refractivity contribution is 0.264. The third kappa shape index (κ3) is 2.63. The van der Waals surface area contributed by atoms with E-state index in [1.807, 2.05) is 0 Å². The van der Waals surface area contributed by atoms with Crippen molar-refractivity contribution < 1.29 is 5.11 Å². The summed E-state index contributed by atoms with van der Waals surface area (Å²) in [6, 6.07) is 7.27. The third-order valence-corrected chi connectivity index (χ3v) is 3.15. The lowest BCUT2D eigenvalue weighted by Crippen LogP contribution is -2.21. The van der Waals surface area contributed by atoms with Crippen molar-refractivity contribution in [1.29, 1.82) is 5.26 Å². The topological polar surface area (TPSA) is 44.0 Å². The first-order chi connectivity index (χ1) is 7.03. The fourth-order valence-corrected chi connectivity index (χ4v) is 1.63. The van der Waals surface area contributed by atoms with Gasteiger partial charge in [0.15, 0.2) is 0 Å². The Hall–Kier alpha value is -0.750. The van der Waals surface area contributed by atoms with Crippen LogP contribution in [0.1, 0.15) is 18.9 Å². The molecule has 0 fully saturated rings. The molecular formula is C11H11Cl2NO. The van der Waals surface area contributed by atoms with E-state index < -0.39 is 5.41 Å². The number of benzene rings is 1. The summed E-state index contributed by atoms with van der Waals surface area (Å²) in [6.07, 6.45) is 0.376. The van der Waals surface area contributed by atoms with Crippen molar-refractivity contribution in [2.75, 3.05) is 6.61 Å². The Kier molecular flexibility index (Phi) is 3.98. The molecule has 0 aliphatic carbocycles. The predicted octanol–water partition coefficient (Wildman–Crippen LogP) is 3.16. The van der Waals surface area contributed by atoms with Gasteiger partial charge in [-0.05, 0) is 31.0 Å². The fourth-order valence-electron chi connectivity index (χ4n) is 1.33. The predicted molar refractivity (Wildman–Crippen MR) is 61.1 cm³/mol.